The summed E-state index contributed by atoms with van der Waals surface area (Å²) in [5.74, 6) is -0.234. The predicted molar refractivity (Wildman–Crippen MR) is 52.4 cm³/mol. The van der Waals surface area contributed by atoms with Gasteiger partial charge >= 0.3 is 0 Å². The zero-order valence-corrected chi connectivity index (χ0v) is 9.24. The minimum absolute atomic E-state index is 0.0297. The molecule has 6 heteroatoms. The Bertz CT molecular complexity index is 474. The number of hydrogen-bond acceptors (Lipinski definition) is 4. The number of sulfone groups is 1. The molecule has 0 spiro atoms. The Morgan fingerprint density at radius 2 is 2.07 bits per heavy atom. The number of amides is 1. The number of rotatable bonds is 1. The molecule has 0 radical (unpaired) electrons. The maximum absolute atomic E-state index is 12.0. The van der Waals surface area contributed by atoms with E-state index in [4.69, 9.17) is 0 Å². The highest BCUT2D eigenvalue weighted by Crippen LogP contribution is 2.47. The van der Waals surface area contributed by atoms with Gasteiger partial charge in [-0.3, -0.25) is 14.5 Å². The SMILES string of the molecule is CC1(C)/C(=C/C=O)N2C(=O)C[C@H]2S1(=O)=O. The van der Waals surface area contributed by atoms with Gasteiger partial charge in [-0.15, -0.1) is 0 Å². The molecule has 0 unspecified atom stereocenters. The van der Waals surface area contributed by atoms with Crippen LogP contribution in [0, 0.1) is 0 Å². The highest BCUT2D eigenvalue weighted by Gasteiger charge is 2.62. The lowest BCUT2D eigenvalue weighted by molar-refractivity contribution is -0.138. The van der Waals surface area contributed by atoms with E-state index in [-0.39, 0.29) is 12.3 Å². The maximum atomic E-state index is 12.0. The van der Waals surface area contributed by atoms with Gasteiger partial charge < -0.3 is 0 Å². The Kier molecular flexibility index (Phi) is 1.86. The van der Waals surface area contributed by atoms with Crippen molar-refractivity contribution in [1.29, 1.82) is 0 Å². The molecule has 1 atom stereocenters. The first kappa shape index (κ1) is 10.4. The van der Waals surface area contributed by atoms with Gasteiger partial charge in [-0.25, -0.2) is 8.42 Å². The summed E-state index contributed by atoms with van der Waals surface area (Å²) in [6, 6.07) is 0. The van der Waals surface area contributed by atoms with Gasteiger partial charge in [-0.1, -0.05) is 0 Å². The van der Waals surface area contributed by atoms with Crippen LogP contribution >= 0.6 is 0 Å². The second-order valence-corrected chi connectivity index (χ2v) is 6.82. The van der Waals surface area contributed by atoms with Gasteiger partial charge in [0.05, 0.1) is 6.42 Å². The standard InChI is InChI=1S/C9H11NO4S/c1-9(2)6(3-4-11)10-7(12)5-8(10)15(9,13)14/h3-4,8H,5H2,1-2H3/b6-3-/t8-/m1/s1. The molecule has 2 rings (SSSR count). The average molecular weight is 229 g/mol. The molecule has 1 amide bonds. The first-order chi connectivity index (χ1) is 6.84. The zero-order valence-electron chi connectivity index (χ0n) is 8.43. The second-order valence-electron chi connectivity index (χ2n) is 4.17. The van der Waals surface area contributed by atoms with Gasteiger partial charge in [0.1, 0.15) is 16.4 Å². The van der Waals surface area contributed by atoms with Crippen molar-refractivity contribution in [2.75, 3.05) is 0 Å². The van der Waals surface area contributed by atoms with E-state index < -0.39 is 20.0 Å². The Morgan fingerprint density at radius 3 is 2.53 bits per heavy atom. The van der Waals surface area contributed by atoms with E-state index in [1.807, 2.05) is 0 Å². The van der Waals surface area contributed by atoms with E-state index in [9.17, 15) is 18.0 Å². The topological polar surface area (TPSA) is 71.5 Å². The van der Waals surface area contributed by atoms with Gasteiger partial charge in [0.15, 0.2) is 9.84 Å². The summed E-state index contributed by atoms with van der Waals surface area (Å²) in [5.41, 5.74) is 0.291. The van der Waals surface area contributed by atoms with E-state index >= 15 is 0 Å². The molecule has 2 aliphatic rings. The molecule has 82 valence electrons. The number of carbonyl (C=O) groups is 2. The second kappa shape index (κ2) is 2.69. The lowest BCUT2D eigenvalue weighted by Gasteiger charge is -2.32. The summed E-state index contributed by atoms with van der Waals surface area (Å²) in [7, 11) is -3.39. The number of carbonyl (C=O) groups excluding carboxylic acids is 2. The Balaban J connectivity index is 2.62. The molecule has 0 N–H and O–H groups in total. The fourth-order valence-electron chi connectivity index (χ4n) is 2.05. The molecule has 0 aromatic rings. The minimum Gasteiger partial charge on any atom is -0.298 e. The summed E-state index contributed by atoms with van der Waals surface area (Å²) in [6.07, 6.45) is 1.71. The van der Waals surface area contributed by atoms with Gasteiger partial charge in [0.2, 0.25) is 5.91 Å². The summed E-state index contributed by atoms with van der Waals surface area (Å²) < 4.78 is 22.8. The van der Waals surface area contributed by atoms with E-state index in [2.05, 4.69) is 0 Å². The van der Waals surface area contributed by atoms with Crippen molar-refractivity contribution in [3.8, 4) is 0 Å². The van der Waals surface area contributed by atoms with Crippen molar-refractivity contribution in [2.24, 2.45) is 0 Å². The summed E-state index contributed by atoms with van der Waals surface area (Å²) in [6.45, 7) is 3.03. The molecule has 2 fully saturated rings. The first-order valence-electron chi connectivity index (χ1n) is 4.55. The number of β-lactam (4-membered cyclic amide) rings is 1. The number of fused-ring (bicyclic) bond motifs is 1. The molecule has 15 heavy (non-hydrogen) atoms. The van der Waals surface area contributed by atoms with Crippen molar-refractivity contribution in [3.05, 3.63) is 11.8 Å². The molecule has 0 aromatic heterocycles. The molecule has 5 nitrogen and oxygen atoms in total. The van der Waals surface area contributed by atoms with Crippen molar-refractivity contribution in [2.45, 2.75) is 30.4 Å². The van der Waals surface area contributed by atoms with Crippen molar-refractivity contribution < 1.29 is 18.0 Å². The van der Waals surface area contributed by atoms with Crippen LogP contribution in [0.2, 0.25) is 0 Å². The quantitative estimate of drug-likeness (QED) is 0.355. The minimum atomic E-state index is -3.39. The summed E-state index contributed by atoms with van der Waals surface area (Å²) >= 11 is 0. The zero-order chi connectivity index (χ0) is 11.4. The smallest absolute Gasteiger partial charge is 0.231 e. The van der Waals surface area contributed by atoms with Gasteiger partial charge in [-0.05, 0) is 19.9 Å². The average Bonchev–Trinajstić information content (AvgIpc) is 2.22. The highest BCUT2D eigenvalue weighted by molar-refractivity contribution is 7.94. The van der Waals surface area contributed by atoms with E-state index in [0.717, 1.165) is 6.08 Å². The molecule has 2 saturated heterocycles. The normalized spacial score (nSPS) is 33.7. The van der Waals surface area contributed by atoms with E-state index in [0.29, 0.717) is 12.0 Å². The number of allylic oxidation sites excluding steroid dienone is 1. The fraction of sp³-hybridized carbons (Fsp3) is 0.556. The van der Waals surface area contributed by atoms with Crippen LogP contribution < -0.4 is 0 Å². The van der Waals surface area contributed by atoms with Gasteiger partial charge in [-0.2, -0.15) is 0 Å². The molecule has 0 saturated carbocycles. The third-order valence-electron chi connectivity index (χ3n) is 3.08. The number of aldehydes is 1. The van der Waals surface area contributed by atoms with Crippen LogP contribution in [0.1, 0.15) is 20.3 Å². The van der Waals surface area contributed by atoms with Crippen molar-refractivity contribution in [1.82, 2.24) is 4.90 Å². The molecule has 0 aromatic carbocycles. The van der Waals surface area contributed by atoms with E-state index in [1.165, 1.54) is 18.7 Å². The molecular weight excluding hydrogens is 218 g/mol. The molecule has 0 aliphatic carbocycles. The summed E-state index contributed by atoms with van der Waals surface area (Å²) in [5, 5.41) is -0.758. The third kappa shape index (κ3) is 0.998. The van der Waals surface area contributed by atoms with Crippen molar-refractivity contribution in [3.63, 3.8) is 0 Å². The lowest BCUT2D eigenvalue weighted by Crippen LogP contribution is -2.49. The Morgan fingerprint density at radius 1 is 1.47 bits per heavy atom. The monoisotopic (exact) mass is 229 g/mol. The lowest BCUT2D eigenvalue weighted by atomic mass is 10.0. The van der Waals surface area contributed by atoms with Crippen LogP contribution in [0.15, 0.2) is 11.8 Å². The van der Waals surface area contributed by atoms with Crippen LogP contribution in [0.4, 0.5) is 0 Å². The van der Waals surface area contributed by atoms with Crippen molar-refractivity contribution >= 4 is 22.0 Å². The van der Waals surface area contributed by atoms with Crippen LogP contribution in [0.5, 0.6) is 0 Å². The van der Waals surface area contributed by atoms with Gasteiger partial charge in [0, 0.05) is 5.70 Å². The Hall–Kier alpha value is -1.17. The van der Waals surface area contributed by atoms with Crippen LogP contribution in [-0.2, 0) is 19.4 Å². The maximum Gasteiger partial charge on any atom is 0.231 e. The molecule has 0 bridgehead atoms. The van der Waals surface area contributed by atoms with E-state index in [1.54, 1.807) is 0 Å². The number of hydrogen-bond donors (Lipinski definition) is 0. The van der Waals surface area contributed by atoms with Gasteiger partial charge in [0.25, 0.3) is 0 Å². The Labute approximate surface area is 87.7 Å². The predicted octanol–water partition coefficient (Wildman–Crippen LogP) is -0.165. The molecule has 2 aliphatic heterocycles. The largest absolute Gasteiger partial charge is 0.298 e. The van der Waals surface area contributed by atoms with Crippen LogP contribution in [0.3, 0.4) is 0 Å². The number of nitrogens with zero attached hydrogens (tertiary/aromatic N) is 1. The first-order valence-corrected chi connectivity index (χ1v) is 6.10. The van der Waals surface area contributed by atoms with Crippen LogP contribution in [-0.4, -0.2) is 35.6 Å². The highest BCUT2D eigenvalue weighted by atomic mass is 32.2. The fourth-order valence-corrected chi connectivity index (χ4v) is 4.06. The molecule has 2 heterocycles. The van der Waals surface area contributed by atoms with Crippen LogP contribution in [0.25, 0.3) is 0 Å². The third-order valence-corrected chi connectivity index (χ3v) is 5.80. The molecular formula is C9H11NO4S. The summed E-state index contributed by atoms with van der Waals surface area (Å²) in [4.78, 5) is 22.9.